The number of hydrogen-bond donors (Lipinski definition) is 3. The van der Waals surface area contributed by atoms with Crippen molar-refractivity contribution in [1.29, 1.82) is 0 Å². The smallest absolute Gasteiger partial charge is 0.236 e. The zero-order valence-electron chi connectivity index (χ0n) is 20.9. The van der Waals surface area contributed by atoms with E-state index < -0.39 is 0 Å². The van der Waals surface area contributed by atoms with Crippen LogP contribution in [0.25, 0.3) is 0 Å². The minimum Gasteiger partial charge on any atom is -0.493 e. The second kappa shape index (κ2) is 11.6. The van der Waals surface area contributed by atoms with Gasteiger partial charge in [0.05, 0.1) is 13.2 Å². The van der Waals surface area contributed by atoms with Gasteiger partial charge in [0.1, 0.15) is 5.75 Å². The van der Waals surface area contributed by atoms with Crippen molar-refractivity contribution in [2.75, 3.05) is 63.9 Å². The van der Waals surface area contributed by atoms with Gasteiger partial charge in [-0.1, -0.05) is 0 Å². The zero-order chi connectivity index (χ0) is 24.0. The lowest BCUT2D eigenvalue weighted by molar-refractivity contribution is -0.133. The number of nitrogens with one attached hydrogen (secondary N) is 3. The molecule has 1 aliphatic carbocycles. The lowest BCUT2D eigenvalue weighted by Crippen LogP contribution is -2.47. The zero-order valence-corrected chi connectivity index (χ0v) is 20.9. The lowest BCUT2D eigenvalue weighted by atomic mass is 9.80. The van der Waals surface area contributed by atoms with Crippen LogP contribution in [0.2, 0.25) is 0 Å². The van der Waals surface area contributed by atoms with Crippen molar-refractivity contribution in [1.82, 2.24) is 20.9 Å². The Morgan fingerprint density at radius 1 is 1.03 bits per heavy atom. The molecule has 2 bridgehead atoms. The molecule has 0 spiro atoms. The summed E-state index contributed by atoms with van der Waals surface area (Å²) in [4.78, 5) is 29.9. The number of piperazine rings is 1. The van der Waals surface area contributed by atoms with Crippen LogP contribution in [0.4, 0.5) is 5.69 Å². The van der Waals surface area contributed by atoms with Crippen LogP contribution in [0.3, 0.4) is 0 Å². The first-order valence-corrected chi connectivity index (χ1v) is 13.6. The highest BCUT2D eigenvalue weighted by atomic mass is 16.5. The second-order valence-electron chi connectivity index (χ2n) is 10.7. The molecule has 3 N–H and O–H groups in total. The van der Waals surface area contributed by atoms with Crippen LogP contribution in [-0.4, -0.2) is 75.7 Å². The van der Waals surface area contributed by atoms with Crippen molar-refractivity contribution in [2.24, 2.45) is 17.8 Å². The maximum Gasteiger partial charge on any atom is 0.236 e. The van der Waals surface area contributed by atoms with Crippen LogP contribution in [-0.2, 0) is 16.1 Å². The Labute approximate surface area is 209 Å². The van der Waals surface area contributed by atoms with E-state index in [2.05, 4.69) is 39.0 Å². The van der Waals surface area contributed by atoms with E-state index in [9.17, 15) is 9.59 Å². The fourth-order valence-corrected chi connectivity index (χ4v) is 5.70. The van der Waals surface area contributed by atoms with E-state index >= 15 is 0 Å². The number of nitrogens with zero attached hydrogens (tertiary/aromatic N) is 2. The number of carbonyl (C=O) groups is 2. The van der Waals surface area contributed by atoms with Crippen molar-refractivity contribution < 1.29 is 14.3 Å². The van der Waals surface area contributed by atoms with E-state index in [-0.39, 0.29) is 11.8 Å². The van der Waals surface area contributed by atoms with Crippen LogP contribution in [0.15, 0.2) is 18.2 Å². The molecule has 5 rings (SSSR count). The monoisotopic (exact) mass is 483 g/mol. The summed E-state index contributed by atoms with van der Waals surface area (Å²) in [6.07, 6.45) is 5.89. The summed E-state index contributed by atoms with van der Waals surface area (Å²) in [5.74, 6) is 2.62. The van der Waals surface area contributed by atoms with Crippen molar-refractivity contribution in [3.8, 4) is 5.75 Å². The van der Waals surface area contributed by atoms with E-state index in [1.807, 2.05) is 4.90 Å². The summed E-state index contributed by atoms with van der Waals surface area (Å²) in [6, 6.07) is 6.46. The molecule has 192 valence electrons. The fourth-order valence-electron chi connectivity index (χ4n) is 5.70. The Morgan fingerprint density at radius 2 is 1.89 bits per heavy atom. The van der Waals surface area contributed by atoms with Gasteiger partial charge in [0.25, 0.3) is 0 Å². The molecule has 1 aromatic rings. The molecule has 3 fully saturated rings. The first-order chi connectivity index (χ1) is 17.2. The Bertz CT molecular complexity index is 884. The summed E-state index contributed by atoms with van der Waals surface area (Å²) < 4.78 is 6.25. The molecule has 2 saturated heterocycles. The van der Waals surface area contributed by atoms with Crippen LogP contribution in [0.5, 0.6) is 5.75 Å². The van der Waals surface area contributed by atoms with E-state index in [0.29, 0.717) is 43.9 Å². The topological polar surface area (TPSA) is 85.9 Å². The van der Waals surface area contributed by atoms with Gasteiger partial charge in [-0.3, -0.25) is 9.59 Å². The number of fused-ring (bicyclic) bond motifs is 3. The lowest BCUT2D eigenvalue weighted by Gasteiger charge is -2.38. The highest BCUT2D eigenvalue weighted by molar-refractivity contribution is 5.79. The van der Waals surface area contributed by atoms with Crippen molar-refractivity contribution in [3.63, 3.8) is 0 Å². The molecule has 4 aliphatic rings. The SMILES string of the molecule is O=C(C[C@@H]1CCN2C[C@@H]1CCCOc1ccc(N3CCNCC3)cc1CNCC2=O)NCC1CC1. The molecular formula is C27H41N5O3. The molecule has 0 aromatic heterocycles. The molecule has 1 saturated carbocycles. The molecular weight excluding hydrogens is 442 g/mol. The average Bonchev–Trinajstić information content (AvgIpc) is 3.71. The third-order valence-electron chi connectivity index (χ3n) is 8.07. The summed E-state index contributed by atoms with van der Waals surface area (Å²) in [6.45, 7) is 7.93. The van der Waals surface area contributed by atoms with Gasteiger partial charge in [-0.2, -0.15) is 0 Å². The first-order valence-electron chi connectivity index (χ1n) is 13.6. The molecule has 8 heteroatoms. The summed E-state index contributed by atoms with van der Waals surface area (Å²) >= 11 is 0. The highest BCUT2D eigenvalue weighted by Crippen LogP contribution is 2.32. The van der Waals surface area contributed by atoms with Gasteiger partial charge in [0, 0.05) is 70.0 Å². The predicted octanol–water partition coefficient (Wildman–Crippen LogP) is 1.74. The quantitative estimate of drug-likeness (QED) is 0.592. The Hall–Kier alpha value is -2.32. The number of piperidine rings is 1. The van der Waals surface area contributed by atoms with E-state index in [1.165, 1.54) is 18.5 Å². The number of amides is 2. The minimum absolute atomic E-state index is 0.159. The number of carbonyl (C=O) groups excluding carboxylic acids is 2. The molecule has 35 heavy (non-hydrogen) atoms. The Morgan fingerprint density at radius 3 is 2.71 bits per heavy atom. The Kier molecular flexibility index (Phi) is 8.09. The summed E-state index contributed by atoms with van der Waals surface area (Å²) in [5.41, 5.74) is 2.32. The number of rotatable bonds is 5. The van der Waals surface area contributed by atoms with Crippen LogP contribution in [0.1, 0.15) is 44.1 Å². The molecule has 3 aliphatic heterocycles. The Balaban J connectivity index is 1.23. The number of anilines is 1. The molecule has 1 aromatic carbocycles. The van der Waals surface area contributed by atoms with Crippen molar-refractivity contribution in [2.45, 2.75) is 45.1 Å². The van der Waals surface area contributed by atoms with E-state index in [0.717, 1.165) is 76.4 Å². The number of hydrogen-bond acceptors (Lipinski definition) is 6. The fraction of sp³-hybridized carbons (Fsp3) is 0.704. The van der Waals surface area contributed by atoms with Crippen LogP contribution in [0, 0.1) is 17.8 Å². The molecule has 8 nitrogen and oxygen atoms in total. The minimum atomic E-state index is 0.159. The van der Waals surface area contributed by atoms with Gasteiger partial charge in [-0.05, 0) is 68.1 Å². The van der Waals surface area contributed by atoms with Crippen molar-refractivity contribution >= 4 is 17.5 Å². The predicted molar refractivity (Wildman–Crippen MR) is 136 cm³/mol. The van der Waals surface area contributed by atoms with Crippen LogP contribution < -0.4 is 25.6 Å². The van der Waals surface area contributed by atoms with Gasteiger partial charge in [0.15, 0.2) is 0 Å². The van der Waals surface area contributed by atoms with Gasteiger partial charge in [-0.15, -0.1) is 0 Å². The maximum atomic E-state index is 13.0. The summed E-state index contributed by atoms with van der Waals surface area (Å²) in [5, 5.41) is 9.91. The molecule has 2 amide bonds. The summed E-state index contributed by atoms with van der Waals surface area (Å²) in [7, 11) is 0. The molecule has 0 unspecified atom stereocenters. The van der Waals surface area contributed by atoms with E-state index in [1.54, 1.807) is 0 Å². The third kappa shape index (κ3) is 6.67. The average molecular weight is 484 g/mol. The maximum absolute atomic E-state index is 13.0. The molecule has 3 heterocycles. The van der Waals surface area contributed by atoms with E-state index in [4.69, 9.17) is 4.74 Å². The highest BCUT2D eigenvalue weighted by Gasteiger charge is 2.33. The van der Waals surface area contributed by atoms with Gasteiger partial charge in [0.2, 0.25) is 11.8 Å². The second-order valence-corrected chi connectivity index (χ2v) is 10.7. The van der Waals surface area contributed by atoms with Gasteiger partial charge in [-0.25, -0.2) is 0 Å². The van der Waals surface area contributed by atoms with Crippen molar-refractivity contribution in [3.05, 3.63) is 23.8 Å². The molecule has 2 atom stereocenters. The van der Waals surface area contributed by atoms with Gasteiger partial charge < -0.3 is 30.5 Å². The first kappa shape index (κ1) is 24.4. The third-order valence-corrected chi connectivity index (χ3v) is 8.07. The largest absolute Gasteiger partial charge is 0.493 e. The van der Waals surface area contributed by atoms with Gasteiger partial charge >= 0.3 is 0 Å². The standard InChI is InChI=1S/C27H41N5O3/c33-26(30-16-20-3-4-20)15-21-7-10-32-19-22(21)2-1-13-35-25-6-5-24(31-11-8-28-9-12-31)14-23(25)17-29-18-27(32)34/h5-6,14,20-22,28-29H,1-4,7-13,15-19H2,(H,30,33)/t21-,22-/m0/s1. The number of benzene rings is 1. The molecule has 0 radical (unpaired) electrons. The normalized spacial score (nSPS) is 26.0. The van der Waals surface area contributed by atoms with Crippen LogP contribution >= 0.6 is 0 Å². The number of ether oxygens (including phenoxy) is 1.